The summed E-state index contributed by atoms with van der Waals surface area (Å²) < 4.78 is 27.2. The second kappa shape index (κ2) is 5.69. The van der Waals surface area contributed by atoms with Gasteiger partial charge in [0.15, 0.2) is 5.13 Å². The molecule has 0 aliphatic carbocycles. The number of hydrogen-bond acceptors (Lipinski definition) is 5. The van der Waals surface area contributed by atoms with Gasteiger partial charge in [0.05, 0.1) is 4.90 Å². The van der Waals surface area contributed by atoms with Crippen molar-refractivity contribution in [3.05, 3.63) is 35.3 Å². The van der Waals surface area contributed by atoms with Gasteiger partial charge in [0.25, 0.3) is 10.0 Å². The topological polar surface area (TPSA) is 79.4 Å². The van der Waals surface area contributed by atoms with Crippen molar-refractivity contribution in [3.63, 3.8) is 0 Å². The first kappa shape index (κ1) is 15.0. The normalized spacial score (nSPS) is 15.3. The molecule has 1 N–H and O–H groups in total. The van der Waals surface area contributed by atoms with Gasteiger partial charge in [0, 0.05) is 30.7 Å². The van der Waals surface area contributed by atoms with Gasteiger partial charge in [0.1, 0.15) is 0 Å². The zero-order valence-corrected chi connectivity index (χ0v) is 13.6. The van der Waals surface area contributed by atoms with Crippen LogP contribution in [0.25, 0.3) is 0 Å². The fourth-order valence-corrected chi connectivity index (χ4v) is 4.28. The molecule has 1 aliphatic heterocycles. The van der Waals surface area contributed by atoms with Crippen molar-refractivity contribution in [2.24, 2.45) is 0 Å². The number of aryl methyl sites for hydroxylation is 1. The number of fused-ring (bicyclic) bond motifs is 1. The quantitative estimate of drug-likeness (QED) is 0.931. The van der Waals surface area contributed by atoms with Gasteiger partial charge in [0.2, 0.25) is 5.91 Å². The number of nitrogens with one attached hydrogen (secondary N) is 1. The van der Waals surface area contributed by atoms with Crippen molar-refractivity contribution in [2.45, 2.75) is 24.2 Å². The van der Waals surface area contributed by atoms with E-state index in [1.807, 2.05) is 0 Å². The Morgan fingerprint density at radius 3 is 2.86 bits per heavy atom. The summed E-state index contributed by atoms with van der Waals surface area (Å²) in [6.45, 7) is 0. The zero-order valence-electron chi connectivity index (χ0n) is 11.9. The second-order valence-corrected chi connectivity index (χ2v) is 7.62. The summed E-state index contributed by atoms with van der Waals surface area (Å²) in [6.07, 6.45) is 3.43. The smallest absolute Gasteiger partial charge is 0.263 e. The van der Waals surface area contributed by atoms with E-state index in [0.717, 1.165) is 17.7 Å². The molecule has 1 aromatic carbocycles. The molecule has 116 valence electrons. The predicted molar refractivity (Wildman–Crippen MR) is 85.7 cm³/mol. The standard InChI is InChI=1S/C14H15N3O3S2/c1-17-12-6-5-11(9-10(12)3-2-4-13(17)18)22(19,20)16-14-15-7-8-21-14/h5-9H,2-4H2,1H3,(H,15,16). The molecule has 0 radical (unpaired) electrons. The van der Waals surface area contributed by atoms with Gasteiger partial charge < -0.3 is 4.90 Å². The number of hydrogen-bond donors (Lipinski definition) is 1. The van der Waals surface area contributed by atoms with Crippen LogP contribution in [0.5, 0.6) is 0 Å². The highest BCUT2D eigenvalue weighted by Gasteiger charge is 2.22. The van der Waals surface area contributed by atoms with Crippen molar-refractivity contribution < 1.29 is 13.2 Å². The lowest BCUT2D eigenvalue weighted by Crippen LogP contribution is -2.25. The zero-order chi connectivity index (χ0) is 15.7. The number of rotatable bonds is 3. The third kappa shape index (κ3) is 2.84. The van der Waals surface area contributed by atoms with E-state index >= 15 is 0 Å². The van der Waals surface area contributed by atoms with Gasteiger partial charge in [-0.2, -0.15) is 0 Å². The molecule has 2 aromatic rings. The van der Waals surface area contributed by atoms with Gasteiger partial charge in [-0.15, -0.1) is 11.3 Å². The molecule has 1 aliphatic rings. The van der Waals surface area contributed by atoms with Crippen LogP contribution in [0, 0.1) is 0 Å². The molecule has 0 bridgehead atoms. The van der Waals surface area contributed by atoms with E-state index < -0.39 is 10.0 Å². The minimum Gasteiger partial charge on any atom is -0.315 e. The Morgan fingerprint density at radius 2 is 2.14 bits per heavy atom. The molecule has 22 heavy (non-hydrogen) atoms. The Labute approximate surface area is 132 Å². The molecule has 2 heterocycles. The molecule has 1 aromatic heterocycles. The van der Waals surface area contributed by atoms with Crippen LogP contribution < -0.4 is 9.62 Å². The van der Waals surface area contributed by atoms with Crippen molar-refractivity contribution in [1.29, 1.82) is 0 Å². The molecule has 6 nitrogen and oxygen atoms in total. The van der Waals surface area contributed by atoms with Crippen LogP contribution in [0.4, 0.5) is 10.8 Å². The molecule has 0 atom stereocenters. The fourth-order valence-electron chi connectivity index (χ4n) is 2.44. The van der Waals surface area contributed by atoms with Gasteiger partial charge in [-0.05, 0) is 36.6 Å². The van der Waals surface area contributed by atoms with E-state index in [-0.39, 0.29) is 10.8 Å². The van der Waals surface area contributed by atoms with E-state index in [4.69, 9.17) is 0 Å². The Hall–Kier alpha value is -1.93. The molecule has 0 saturated carbocycles. The van der Waals surface area contributed by atoms with Gasteiger partial charge in [-0.3, -0.25) is 9.52 Å². The van der Waals surface area contributed by atoms with Crippen LogP contribution in [-0.2, 0) is 21.2 Å². The first-order valence-corrected chi connectivity index (χ1v) is 9.15. The van der Waals surface area contributed by atoms with Crippen molar-refractivity contribution >= 4 is 38.1 Å². The average Bonchev–Trinajstić information content (AvgIpc) is 2.93. The van der Waals surface area contributed by atoms with Gasteiger partial charge in [-0.25, -0.2) is 13.4 Å². The van der Waals surface area contributed by atoms with E-state index in [9.17, 15) is 13.2 Å². The van der Waals surface area contributed by atoms with Crippen molar-refractivity contribution in [3.8, 4) is 0 Å². The summed E-state index contributed by atoms with van der Waals surface area (Å²) in [5, 5.41) is 2.04. The minimum absolute atomic E-state index is 0.0512. The molecule has 0 fully saturated rings. The summed E-state index contributed by atoms with van der Waals surface area (Å²) in [5.41, 5.74) is 1.64. The maximum Gasteiger partial charge on any atom is 0.263 e. The lowest BCUT2D eigenvalue weighted by Gasteiger charge is -2.18. The monoisotopic (exact) mass is 337 g/mol. The van der Waals surface area contributed by atoms with Crippen LogP contribution in [-0.4, -0.2) is 26.4 Å². The summed E-state index contributed by atoms with van der Waals surface area (Å²) in [4.78, 5) is 17.6. The molecule has 3 rings (SSSR count). The fraction of sp³-hybridized carbons (Fsp3) is 0.286. The summed E-state index contributed by atoms with van der Waals surface area (Å²) in [5.74, 6) is 0.0512. The highest BCUT2D eigenvalue weighted by Crippen LogP contribution is 2.29. The number of nitrogens with zero attached hydrogens (tertiary/aromatic N) is 2. The number of carbonyl (C=O) groups is 1. The third-order valence-electron chi connectivity index (χ3n) is 3.59. The lowest BCUT2D eigenvalue weighted by atomic mass is 10.1. The second-order valence-electron chi connectivity index (χ2n) is 5.04. The molecular weight excluding hydrogens is 322 g/mol. The summed E-state index contributed by atoms with van der Waals surface area (Å²) in [6, 6.07) is 4.85. The Balaban J connectivity index is 1.96. The van der Waals surface area contributed by atoms with Gasteiger partial charge >= 0.3 is 0 Å². The van der Waals surface area contributed by atoms with E-state index in [2.05, 4.69) is 9.71 Å². The lowest BCUT2D eigenvalue weighted by molar-refractivity contribution is -0.118. The molecule has 0 saturated heterocycles. The van der Waals surface area contributed by atoms with Crippen LogP contribution in [0.2, 0.25) is 0 Å². The Morgan fingerprint density at radius 1 is 1.32 bits per heavy atom. The number of anilines is 2. The van der Waals surface area contributed by atoms with E-state index in [1.165, 1.54) is 17.4 Å². The number of sulfonamides is 1. The molecule has 0 spiro atoms. The van der Waals surface area contributed by atoms with Crippen LogP contribution in [0.1, 0.15) is 18.4 Å². The number of benzene rings is 1. The van der Waals surface area contributed by atoms with Gasteiger partial charge in [-0.1, -0.05) is 0 Å². The Bertz CT molecular complexity index is 801. The molecular formula is C14H15N3O3S2. The number of thiazole rings is 1. The summed E-state index contributed by atoms with van der Waals surface area (Å²) in [7, 11) is -1.95. The van der Waals surface area contributed by atoms with Crippen LogP contribution >= 0.6 is 11.3 Å². The van der Waals surface area contributed by atoms with Crippen LogP contribution in [0.3, 0.4) is 0 Å². The van der Waals surface area contributed by atoms with E-state index in [1.54, 1.807) is 35.7 Å². The maximum absolute atomic E-state index is 12.4. The maximum atomic E-state index is 12.4. The van der Waals surface area contributed by atoms with Crippen molar-refractivity contribution in [1.82, 2.24) is 4.98 Å². The number of amides is 1. The number of aromatic nitrogens is 1. The molecule has 8 heteroatoms. The molecule has 0 unspecified atom stereocenters. The molecule has 1 amide bonds. The largest absolute Gasteiger partial charge is 0.315 e. The Kier molecular flexibility index (Phi) is 3.88. The SMILES string of the molecule is CN1C(=O)CCCc2cc(S(=O)(=O)Nc3nccs3)ccc21. The highest BCUT2D eigenvalue weighted by molar-refractivity contribution is 7.93. The third-order valence-corrected chi connectivity index (χ3v) is 5.74. The first-order chi connectivity index (χ1) is 10.5. The van der Waals surface area contributed by atoms with Crippen molar-refractivity contribution in [2.75, 3.05) is 16.7 Å². The predicted octanol–water partition coefficient (Wildman–Crippen LogP) is 2.24. The highest BCUT2D eigenvalue weighted by atomic mass is 32.2. The number of carbonyl (C=O) groups excluding carboxylic acids is 1. The van der Waals surface area contributed by atoms with Crippen LogP contribution in [0.15, 0.2) is 34.7 Å². The summed E-state index contributed by atoms with van der Waals surface area (Å²) >= 11 is 1.22. The first-order valence-electron chi connectivity index (χ1n) is 6.79. The average molecular weight is 337 g/mol. The minimum atomic E-state index is -3.67. The van der Waals surface area contributed by atoms with E-state index in [0.29, 0.717) is 18.0 Å².